The van der Waals surface area contributed by atoms with Crippen molar-refractivity contribution >= 4 is 5.82 Å². The molecule has 2 heterocycles. The third-order valence-electron chi connectivity index (χ3n) is 2.61. The largest absolute Gasteiger partial charge is 0.435 e. The third kappa shape index (κ3) is 2.08. The first-order chi connectivity index (χ1) is 7.48. The Morgan fingerprint density at radius 1 is 1.31 bits per heavy atom. The molecule has 7 heteroatoms. The van der Waals surface area contributed by atoms with Gasteiger partial charge in [0.1, 0.15) is 0 Å². The Morgan fingerprint density at radius 2 is 2.00 bits per heavy atom. The van der Waals surface area contributed by atoms with Gasteiger partial charge in [0.25, 0.3) is 0 Å². The minimum absolute atomic E-state index is 0.283. The molecular weight excluding hydrogens is 221 g/mol. The van der Waals surface area contributed by atoms with Gasteiger partial charge in [-0.3, -0.25) is 0 Å². The topological polar surface area (TPSA) is 41.1 Å². The lowest BCUT2D eigenvalue weighted by Gasteiger charge is -2.36. The van der Waals surface area contributed by atoms with E-state index in [0.29, 0.717) is 5.82 Å². The van der Waals surface area contributed by atoms with Gasteiger partial charge in [-0.15, -0.1) is 10.2 Å². The second-order valence-corrected chi connectivity index (χ2v) is 3.70. The van der Waals surface area contributed by atoms with E-state index in [2.05, 4.69) is 15.5 Å². The summed E-state index contributed by atoms with van der Waals surface area (Å²) in [6.07, 6.45) is -4.43. The first kappa shape index (κ1) is 11.1. The van der Waals surface area contributed by atoms with E-state index in [0.717, 1.165) is 19.2 Å². The van der Waals surface area contributed by atoms with Gasteiger partial charge in [0.2, 0.25) is 0 Å². The molecule has 4 nitrogen and oxygen atoms in total. The number of aromatic nitrogens is 2. The van der Waals surface area contributed by atoms with Crippen molar-refractivity contribution in [3.8, 4) is 0 Å². The van der Waals surface area contributed by atoms with Crippen LogP contribution in [0.1, 0.15) is 5.69 Å². The predicted molar refractivity (Wildman–Crippen MR) is 52.1 cm³/mol. The van der Waals surface area contributed by atoms with Crippen molar-refractivity contribution in [3.63, 3.8) is 0 Å². The fourth-order valence-corrected chi connectivity index (χ4v) is 1.40. The molecule has 1 aromatic rings. The summed E-state index contributed by atoms with van der Waals surface area (Å²) in [6.45, 7) is 1.64. The number of nitrogens with one attached hydrogen (secondary N) is 1. The van der Waals surface area contributed by atoms with Crippen LogP contribution in [0.5, 0.6) is 0 Å². The van der Waals surface area contributed by atoms with Crippen molar-refractivity contribution < 1.29 is 13.2 Å². The van der Waals surface area contributed by atoms with Gasteiger partial charge in [-0.05, 0) is 12.1 Å². The zero-order valence-electron chi connectivity index (χ0n) is 8.62. The van der Waals surface area contributed by atoms with Gasteiger partial charge in [-0.1, -0.05) is 0 Å². The average molecular weight is 232 g/mol. The molecule has 1 saturated heterocycles. The second kappa shape index (κ2) is 3.89. The third-order valence-corrected chi connectivity index (χ3v) is 2.61. The molecule has 2 rings (SSSR count). The van der Waals surface area contributed by atoms with E-state index in [-0.39, 0.29) is 6.04 Å². The van der Waals surface area contributed by atoms with Crippen LogP contribution in [0.4, 0.5) is 19.0 Å². The van der Waals surface area contributed by atoms with Gasteiger partial charge in [0.05, 0.1) is 6.04 Å². The fraction of sp³-hybridized carbons (Fsp3) is 0.556. The molecule has 1 aromatic heterocycles. The minimum atomic E-state index is -4.43. The minimum Gasteiger partial charge on any atom is -0.353 e. The van der Waals surface area contributed by atoms with Gasteiger partial charge in [0, 0.05) is 20.1 Å². The maximum Gasteiger partial charge on any atom is 0.435 e. The molecule has 0 aliphatic carbocycles. The number of hydrogen-bond acceptors (Lipinski definition) is 4. The molecule has 16 heavy (non-hydrogen) atoms. The number of nitrogens with zero attached hydrogens (tertiary/aromatic N) is 3. The highest BCUT2D eigenvalue weighted by atomic mass is 19.4. The number of alkyl halides is 3. The first-order valence-corrected chi connectivity index (χ1v) is 4.83. The Labute approximate surface area is 90.5 Å². The van der Waals surface area contributed by atoms with Gasteiger partial charge < -0.3 is 10.2 Å². The van der Waals surface area contributed by atoms with Crippen LogP contribution in [0.15, 0.2) is 12.1 Å². The summed E-state index contributed by atoms with van der Waals surface area (Å²) in [5, 5.41) is 9.83. The van der Waals surface area contributed by atoms with Crippen LogP contribution in [0.3, 0.4) is 0 Å². The highest BCUT2D eigenvalue weighted by Gasteiger charge is 2.33. The zero-order valence-corrected chi connectivity index (χ0v) is 8.62. The summed E-state index contributed by atoms with van der Waals surface area (Å²) in [7, 11) is 1.79. The van der Waals surface area contributed by atoms with E-state index in [1.807, 2.05) is 4.90 Å². The smallest absolute Gasteiger partial charge is 0.353 e. The van der Waals surface area contributed by atoms with Crippen molar-refractivity contribution in [1.29, 1.82) is 0 Å². The number of rotatable bonds is 2. The second-order valence-electron chi connectivity index (χ2n) is 3.70. The molecule has 0 amide bonds. The van der Waals surface area contributed by atoms with Crippen LogP contribution >= 0.6 is 0 Å². The molecule has 0 radical (unpaired) electrons. The summed E-state index contributed by atoms with van der Waals surface area (Å²) >= 11 is 0. The summed E-state index contributed by atoms with van der Waals surface area (Å²) in [5.74, 6) is 0.458. The molecule has 0 atom stereocenters. The molecule has 1 N–H and O–H groups in total. The molecule has 88 valence electrons. The molecule has 1 fully saturated rings. The monoisotopic (exact) mass is 232 g/mol. The summed E-state index contributed by atoms with van der Waals surface area (Å²) in [5.41, 5.74) is -0.962. The standard InChI is InChI=1S/C9H11F3N4/c1-16(6-4-13-5-6)8-3-2-7(14-15-8)9(10,11)12/h2-3,6,13H,4-5H2,1H3. The average Bonchev–Trinajstić information content (AvgIpc) is 2.14. The van der Waals surface area contributed by atoms with E-state index < -0.39 is 11.9 Å². The van der Waals surface area contributed by atoms with Crippen molar-refractivity contribution in [2.24, 2.45) is 0 Å². The van der Waals surface area contributed by atoms with E-state index >= 15 is 0 Å². The van der Waals surface area contributed by atoms with Gasteiger partial charge in [0.15, 0.2) is 11.5 Å². The highest BCUT2D eigenvalue weighted by molar-refractivity contribution is 5.39. The van der Waals surface area contributed by atoms with Crippen molar-refractivity contribution in [2.45, 2.75) is 12.2 Å². The molecule has 0 spiro atoms. The first-order valence-electron chi connectivity index (χ1n) is 4.83. The molecule has 1 aliphatic heterocycles. The lowest BCUT2D eigenvalue weighted by molar-refractivity contribution is -0.141. The molecular formula is C9H11F3N4. The number of likely N-dealkylation sites (N-methyl/N-ethyl adjacent to an activating group) is 1. The molecule has 0 aromatic carbocycles. The number of hydrogen-bond donors (Lipinski definition) is 1. The summed E-state index contributed by atoms with van der Waals surface area (Å²) < 4.78 is 36.7. The number of anilines is 1. The van der Waals surface area contributed by atoms with E-state index in [4.69, 9.17) is 0 Å². The highest BCUT2D eigenvalue weighted by Crippen LogP contribution is 2.27. The molecule has 0 unspecified atom stereocenters. The van der Waals surface area contributed by atoms with Crippen molar-refractivity contribution in [3.05, 3.63) is 17.8 Å². The predicted octanol–water partition coefficient (Wildman–Crippen LogP) is 0.903. The Balaban J connectivity index is 2.12. The summed E-state index contributed by atoms with van der Waals surface area (Å²) in [6, 6.07) is 2.57. The van der Waals surface area contributed by atoms with Crippen LogP contribution in [0.25, 0.3) is 0 Å². The Morgan fingerprint density at radius 3 is 2.38 bits per heavy atom. The fourth-order valence-electron chi connectivity index (χ4n) is 1.40. The Bertz CT molecular complexity index is 358. The van der Waals surface area contributed by atoms with Gasteiger partial charge in [-0.25, -0.2) is 0 Å². The quantitative estimate of drug-likeness (QED) is 0.822. The van der Waals surface area contributed by atoms with Crippen LogP contribution < -0.4 is 10.2 Å². The molecule has 0 bridgehead atoms. The molecule has 1 aliphatic rings. The Kier molecular flexibility index (Phi) is 2.71. The molecule has 0 saturated carbocycles. The van der Waals surface area contributed by atoms with Gasteiger partial charge >= 0.3 is 6.18 Å². The van der Waals surface area contributed by atoms with Crippen LogP contribution in [0, 0.1) is 0 Å². The SMILES string of the molecule is CN(c1ccc(C(F)(F)F)nn1)C1CNC1. The van der Waals surface area contributed by atoms with Crippen LogP contribution in [0.2, 0.25) is 0 Å². The van der Waals surface area contributed by atoms with E-state index in [9.17, 15) is 13.2 Å². The lowest BCUT2D eigenvalue weighted by Crippen LogP contribution is -2.56. The van der Waals surface area contributed by atoms with Gasteiger partial charge in [-0.2, -0.15) is 13.2 Å². The normalized spacial score (nSPS) is 17.0. The van der Waals surface area contributed by atoms with E-state index in [1.165, 1.54) is 6.07 Å². The maximum atomic E-state index is 12.2. The van der Waals surface area contributed by atoms with Crippen LogP contribution in [-0.2, 0) is 6.18 Å². The Hall–Kier alpha value is -1.37. The zero-order chi connectivity index (χ0) is 11.8. The van der Waals surface area contributed by atoms with E-state index in [1.54, 1.807) is 7.05 Å². The lowest BCUT2D eigenvalue weighted by atomic mass is 10.1. The number of halogens is 3. The maximum absolute atomic E-state index is 12.2. The van der Waals surface area contributed by atoms with Crippen molar-refractivity contribution in [1.82, 2.24) is 15.5 Å². The summed E-state index contributed by atoms with van der Waals surface area (Å²) in [4.78, 5) is 1.82. The van der Waals surface area contributed by atoms with Crippen molar-refractivity contribution in [2.75, 3.05) is 25.0 Å². The van der Waals surface area contributed by atoms with Crippen LogP contribution in [-0.4, -0.2) is 36.4 Å².